The molecule has 0 aliphatic heterocycles. The largest absolute Gasteiger partial charge is 0.481 e. The molecular weight excluding hydrogens is 508 g/mol. The molecule has 1 aliphatic rings. The monoisotopic (exact) mass is 544 g/mol. The van der Waals surface area contributed by atoms with E-state index >= 15 is 0 Å². The van der Waals surface area contributed by atoms with Crippen LogP contribution in [0.25, 0.3) is 11.1 Å². The lowest BCUT2D eigenvalue weighted by atomic mass is 9.98. The summed E-state index contributed by atoms with van der Waals surface area (Å²) in [5.74, 6) is -1.27. The van der Waals surface area contributed by atoms with E-state index in [1.54, 1.807) is 11.2 Å². The SMILES string of the molecule is CC(C)(C)SN(CCCCCC(=O)O)C(=O)C(C)(S)NC(=O)OCC1c2ccccc2-c2ccccc21. The highest BCUT2D eigenvalue weighted by Gasteiger charge is 2.38. The summed E-state index contributed by atoms with van der Waals surface area (Å²) >= 11 is 5.87. The molecule has 0 radical (unpaired) electrons. The molecule has 2 N–H and O–H groups in total. The molecule has 37 heavy (non-hydrogen) atoms. The Morgan fingerprint density at radius 2 is 1.54 bits per heavy atom. The molecule has 0 saturated carbocycles. The number of ether oxygens (including phenoxy) is 1. The zero-order chi connectivity index (χ0) is 27.2. The van der Waals surface area contributed by atoms with Crippen molar-refractivity contribution in [1.82, 2.24) is 9.62 Å². The molecule has 1 aliphatic carbocycles. The summed E-state index contributed by atoms with van der Waals surface area (Å²) in [4.78, 5) is 35.5. The topological polar surface area (TPSA) is 95.9 Å². The van der Waals surface area contributed by atoms with Crippen LogP contribution in [-0.4, -0.2) is 50.2 Å². The Morgan fingerprint density at radius 3 is 2.08 bits per heavy atom. The summed E-state index contributed by atoms with van der Waals surface area (Å²) in [5.41, 5.74) is 4.49. The van der Waals surface area contributed by atoms with E-state index in [0.29, 0.717) is 25.8 Å². The summed E-state index contributed by atoms with van der Waals surface area (Å²) in [7, 11) is 0. The molecule has 7 nitrogen and oxygen atoms in total. The predicted molar refractivity (Wildman–Crippen MR) is 151 cm³/mol. The van der Waals surface area contributed by atoms with Crippen LogP contribution in [0.1, 0.15) is 70.4 Å². The first kappa shape index (κ1) is 28.9. The van der Waals surface area contributed by atoms with Crippen molar-refractivity contribution in [1.29, 1.82) is 0 Å². The van der Waals surface area contributed by atoms with Crippen molar-refractivity contribution in [2.45, 2.75) is 68.9 Å². The quantitative estimate of drug-likeness (QED) is 0.137. The lowest BCUT2D eigenvalue weighted by Gasteiger charge is -2.34. The molecule has 0 heterocycles. The van der Waals surface area contributed by atoms with Crippen LogP contribution >= 0.6 is 24.6 Å². The molecule has 2 aromatic rings. The van der Waals surface area contributed by atoms with E-state index in [2.05, 4.69) is 30.1 Å². The third-order valence-corrected chi connectivity index (χ3v) is 7.39. The van der Waals surface area contributed by atoms with Gasteiger partial charge in [-0.25, -0.2) is 4.79 Å². The molecule has 0 spiro atoms. The van der Waals surface area contributed by atoms with E-state index in [9.17, 15) is 14.4 Å². The second-order valence-electron chi connectivity index (χ2n) is 10.3. The van der Waals surface area contributed by atoms with Gasteiger partial charge >= 0.3 is 12.1 Å². The molecule has 1 unspecified atom stereocenters. The summed E-state index contributed by atoms with van der Waals surface area (Å²) in [6.45, 7) is 8.09. The van der Waals surface area contributed by atoms with Gasteiger partial charge in [-0.15, -0.1) is 12.6 Å². The Bertz CT molecular complexity index is 1080. The molecule has 0 bridgehead atoms. The van der Waals surface area contributed by atoms with Gasteiger partial charge in [0, 0.05) is 23.6 Å². The average Bonchev–Trinajstić information content (AvgIpc) is 3.14. The Kier molecular flexibility index (Phi) is 9.58. The van der Waals surface area contributed by atoms with Crippen LogP contribution in [0.3, 0.4) is 0 Å². The van der Waals surface area contributed by atoms with Gasteiger partial charge in [-0.3, -0.25) is 19.2 Å². The Balaban J connectivity index is 1.62. The number of fused-ring (bicyclic) bond motifs is 3. The number of carboxylic acid groups (broad SMARTS) is 1. The highest BCUT2D eigenvalue weighted by molar-refractivity contribution is 7.98. The molecular formula is C28H36N2O5S2. The zero-order valence-corrected chi connectivity index (χ0v) is 23.5. The fourth-order valence-corrected chi connectivity index (χ4v) is 5.78. The molecule has 2 amide bonds. The van der Waals surface area contributed by atoms with Gasteiger partial charge in [0.15, 0.2) is 4.87 Å². The first-order valence-electron chi connectivity index (χ1n) is 12.5. The van der Waals surface area contributed by atoms with Crippen molar-refractivity contribution < 1.29 is 24.2 Å². The Labute approximate surface area is 228 Å². The fourth-order valence-electron chi connectivity index (χ4n) is 4.36. The summed E-state index contributed by atoms with van der Waals surface area (Å²) in [6.07, 6.45) is 1.28. The van der Waals surface area contributed by atoms with E-state index in [0.717, 1.165) is 22.3 Å². The molecule has 200 valence electrons. The lowest BCUT2D eigenvalue weighted by molar-refractivity contribution is -0.137. The average molecular weight is 545 g/mol. The minimum absolute atomic E-state index is 0.0845. The van der Waals surface area contributed by atoms with Gasteiger partial charge < -0.3 is 9.84 Å². The van der Waals surface area contributed by atoms with Crippen LogP contribution in [0.15, 0.2) is 48.5 Å². The number of hydrogen-bond donors (Lipinski definition) is 3. The molecule has 0 fully saturated rings. The molecule has 0 saturated heterocycles. The van der Waals surface area contributed by atoms with E-state index in [1.807, 2.05) is 57.2 Å². The minimum atomic E-state index is -1.48. The summed E-state index contributed by atoms with van der Waals surface area (Å²) in [5, 5.41) is 11.5. The molecule has 0 aromatic heterocycles. The van der Waals surface area contributed by atoms with Crippen molar-refractivity contribution in [3.63, 3.8) is 0 Å². The van der Waals surface area contributed by atoms with Gasteiger partial charge in [0.25, 0.3) is 5.91 Å². The number of unbranched alkanes of at least 4 members (excludes halogenated alkanes) is 2. The van der Waals surface area contributed by atoms with Crippen molar-refractivity contribution in [2.24, 2.45) is 0 Å². The fraction of sp³-hybridized carbons (Fsp3) is 0.464. The summed E-state index contributed by atoms with van der Waals surface area (Å²) < 4.78 is 6.97. The van der Waals surface area contributed by atoms with Gasteiger partial charge in [0.2, 0.25) is 0 Å². The van der Waals surface area contributed by atoms with Crippen LogP contribution in [0.5, 0.6) is 0 Å². The predicted octanol–water partition coefficient (Wildman–Crippen LogP) is 6.09. The van der Waals surface area contributed by atoms with Crippen LogP contribution in [0, 0.1) is 0 Å². The number of thiol groups is 1. The van der Waals surface area contributed by atoms with Crippen molar-refractivity contribution in [3.8, 4) is 11.1 Å². The second-order valence-corrected chi connectivity index (χ2v) is 13.1. The van der Waals surface area contributed by atoms with Crippen LogP contribution in [0.2, 0.25) is 0 Å². The number of alkyl carbamates (subject to hydrolysis) is 1. The van der Waals surface area contributed by atoms with Gasteiger partial charge in [-0.1, -0.05) is 55.0 Å². The van der Waals surface area contributed by atoms with Crippen molar-refractivity contribution >= 4 is 42.5 Å². The van der Waals surface area contributed by atoms with E-state index < -0.39 is 16.9 Å². The number of amides is 2. The van der Waals surface area contributed by atoms with Gasteiger partial charge in [-0.05, 0) is 74.7 Å². The third kappa shape index (κ3) is 7.92. The smallest absolute Gasteiger partial charge is 0.408 e. The maximum absolute atomic E-state index is 13.4. The second kappa shape index (κ2) is 12.3. The number of aliphatic carboxylic acids is 1. The molecule has 9 heteroatoms. The zero-order valence-electron chi connectivity index (χ0n) is 21.8. The number of rotatable bonds is 11. The molecule has 1 atom stereocenters. The maximum atomic E-state index is 13.4. The number of carbonyl (C=O) groups is 3. The highest BCUT2D eigenvalue weighted by Crippen LogP contribution is 2.44. The van der Waals surface area contributed by atoms with Crippen LogP contribution in [0.4, 0.5) is 4.79 Å². The standard InChI is InChI=1S/C28H36N2O5S2/c1-27(2,3)37-30(17-11-5-6-16-24(31)32)25(33)28(4,36)29-26(34)35-18-23-21-14-9-7-12-19(21)20-13-8-10-15-22(20)23/h7-10,12-15,23,36H,5-6,11,16-18H2,1-4H3,(H,29,34)(H,31,32). The normalized spacial score (nSPS) is 14.3. The third-order valence-electron chi connectivity index (χ3n) is 5.97. The first-order chi connectivity index (χ1) is 17.4. The lowest BCUT2D eigenvalue weighted by Crippen LogP contribution is -2.53. The molecule has 2 aromatic carbocycles. The highest BCUT2D eigenvalue weighted by atomic mass is 32.2. The summed E-state index contributed by atoms with van der Waals surface area (Å²) in [6, 6.07) is 16.2. The van der Waals surface area contributed by atoms with E-state index in [1.165, 1.54) is 11.9 Å². The van der Waals surface area contributed by atoms with E-state index in [4.69, 9.17) is 9.84 Å². The number of carboxylic acids is 1. The first-order valence-corrected chi connectivity index (χ1v) is 13.7. The van der Waals surface area contributed by atoms with Crippen LogP contribution < -0.4 is 5.32 Å². The Morgan fingerprint density at radius 1 is 0.973 bits per heavy atom. The van der Waals surface area contributed by atoms with Crippen molar-refractivity contribution in [3.05, 3.63) is 59.7 Å². The number of carbonyl (C=O) groups excluding carboxylic acids is 2. The van der Waals surface area contributed by atoms with Crippen LogP contribution in [-0.2, 0) is 14.3 Å². The minimum Gasteiger partial charge on any atom is -0.481 e. The molecule has 3 rings (SSSR count). The number of benzene rings is 2. The number of nitrogens with zero attached hydrogens (tertiary/aromatic N) is 1. The Hall–Kier alpha value is -2.65. The van der Waals surface area contributed by atoms with Gasteiger partial charge in [0.05, 0.1) is 0 Å². The maximum Gasteiger partial charge on any atom is 0.408 e. The van der Waals surface area contributed by atoms with Gasteiger partial charge in [-0.2, -0.15) is 0 Å². The number of hydrogen-bond acceptors (Lipinski definition) is 6. The van der Waals surface area contributed by atoms with E-state index in [-0.39, 0.29) is 29.6 Å². The number of nitrogens with one attached hydrogen (secondary N) is 1. The van der Waals surface area contributed by atoms with Gasteiger partial charge in [0.1, 0.15) is 6.61 Å². The van der Waals surface area contributed by atoms with Crippen molar-refractivity contribution in [2.75, 3.05) is 13.2 Å².